The summed E-state index contributed by atoms with van der Waals surface area (Å²) in [7, 11) is 0. The van der Waals surface area contributed by atoms with Crippen molar-refractivity contribution < 1.29 is 9.53 Å². The highest BCUT2D eigenvalue weighted by Gasteiger charge is 2.09. The highest BCUT2D eigenvalue weighted by Crippen LogP contribution is 2.26. The van der Waals surface area contributed by atoms with Crippen LogP contribution in [-0.4, -0.2) is 12.5 Å². The average Bonchev–Trinajstić information content (AvgIpc) is 2.56. The Hall–Kier alpha value is -2.52. The molecular weight excluding hydrogens is 310 g/mol. The topological polar surface area (TPSA) is 38.3 Å². The van der Waals surface area contributed by atoms with Gasteiger partial charge in [-0.25, -0.2) is 0 Å². The number of halogens is 1. The van der Waals surface area contributed by atoms with Gasteiger partial charge in [-0.3, -0.25) is 4.79 Å². The van der Waals surface area contributed by atoms with Gasteiger partial charge in [0.05, 0.1) is 0 Å². The van der Waals surface area contributed by atoms with Gasteiger partial charge in [0, 0.05) is 22.3 Å². The Morgan fingerprint density at radius 2 is 2.09 bits per heavy atom. The largest absolute Gasteiger partial charge is 0.488 e. The molecule has 0 saturated heterocycles. The molecule has 0 spiro atoms. The molecule has 23 heavy (non-hydrogen) atoms. The second kappa shape index (κ2) is 6.71. The lowest BCUT2D eigenvalue weighted by Gasteiger charge is -2.15. The van der Waals surface area contributed by atoms with E-state index in [-0.39, 0.29) is 5.91 Å². The SMILES string of the molecule is Cc1ccc(Cl)cc1NC(=O)C=CC1=Cc2ccccc2OC1. The maximum Gasteiger partial charge on any atom is 0.248 e. The Labute approximate surface area is 140 Å². The van der Waals surface area contributed by atoms with Crippen molar-refractivity contribution in [2.24, 2.45) is 0 Å². The van der Waals surface area contributed by atoms with E-state index in [1.54, 1.807) is 18.2 Å². The van der Waals surface area contributed by atoms with Crippen molar-refractivity contribution >= 4 is 29.3 Å². The minimum Gasteiger partial charge on any atom is -0.488 e. The fourth-order valence-electron chi connectivity index (χ4n) is 2.32. The van der Waals surface area contributed by atoms with E-state index >= 15 is 0 Å². The van der Waals surface area contributed by atoms with Gasteiger partial charge < -0.3 is 10.1 Å². The van der Waals surface area contributed by atoms with E-state index in [0.29, 0.717) is 17.3 Å². The van der Waals surface area contributed by atoms with Gasteiger partial charge in [-0.15, -0.1) is 0 Å². The van der Waals surface area contributed by atoms with Crippen LogP contribution in [0.15, 0.2) is 60.2 Å². The molecule has 1 N–H and O–H groups in total. The number of nitrogens with one attached hydrogen (secondary N) is 1. The lowest BCUT2D eigenvalue weighted by Crippen LogP contribution is -2.10. The molecule has 1 aliphatic rings. The third-order valence-electron chi connectivity index (χ3n) is 3.56. The molecule has 0 atom stereocenters. The molecule has 116 valence electrons. The van der Waals surface area contributed by atoms with Gasteiger partial charge >= 0.3 is 0 Å². The van der Waals surface area contributed by atoms with Crippen LogP contribution in [0.4, 0.5) is 5.69 Å². The molecule has 0 aliphatic carbocycles. The number of rotatable bonds is 3. The summed E-state index contributed by atoms with van der Waals surface area (Å²) in [6.07, 6.45) is 5.29. The zero-order valence-electron chi connectivity index (χ0n) is 12.7. The molecule has 2 aromatic carbocycles. The summed E-state index contributed by atoms with van der Waals surface area (Å²) >= 11 is 5.95. The highest BCUT2D eigenvalue weighted by atomic mass is 35.5. The summed E-state index contributed by atoms with van der Waals surface area (Å²) in [6.45, 7) is 2.38. The lowest BCUT2D eigenvalue weighted by molar-refractivity contribution is -0.111. The second-order valence-corrected chi connectivity index (χ2v) is 5.76. The molecule has 0 bridgehead atoms. The van der Waals surface area contributed by atoms with Crippen LogP contribution in [0.25, 0.3) is 6.08 Å². The van der Waals surface area contributed by atoms with Crippen LogP contribution in [0.3, 0.4) is 0 Å². The summed E-state index contributed by atoms with van der Waals surface area (Å²) in [4.78, 5) is 12.1. The number of amides is 1. The molecule has 0 aromatic heterocycles. The molecular formula is C19H16ClNO2. The standard InChI is InChI=1S/C19H16ClNO2/c1-13-6-8-16(20)11-17(13)21-19(22)9-7-14-10-15-4-2-3-5-18(15)23-12-14/h2-11H,12H2,1H3,(H,21,22). The molecule has 1 amide bonds. The molecule has 0 unspecified atom stereocenters. The van der Waals surface area contributed by atoms with E-state index in [4.69, 9.17) is 16.3 Å². The maximum atomic E-state index is 12.1. The second-order valence-electron chi connectivity index (χ2n) is 5.33. The first kappa shape index (κ1) is 15.4. The van der Waals surface area contributed by atoms with Crippen molar-refractivity contribution in [3.05, 3.63) is 76.3 Å². The summed E-state index contributed by atoms with van der Waals surface area (Å²) in [5, 5.41) is 3.42. The Morgan fingerprint density at radius 1 is 1.26 bits per heavy atom. The Morgan fingerprint density at radius 3 is 2.96 bits per heavy atom. The number of anilines is 1. The molecule has 1 aliphatic heterocycles. The van der Waals surface area contributed by atoms with Gasteiger partial charge in [-0.2, -0.15) is 0 Å². The van der Waals surface area contributed by atoms with Gasteiger partial charge in [0.1, 0.15) is 12.4 Å². The van der Waals surface area contributed by atoms with Crippen LogP contribution in [-0.2, 0) is 4.79 Å². The Balaban J connectivity index is 1.70. The molecule has 3 nitrogen and oxygen atoms in total. The Kier molecular flexibility index (Phi) is 4.49. The first-order valence-electron chi connectivity index (χ1n) is 7.29. The first-order chi connectivity index (χ1) is 11.1. The van der Waals surface area contributed by atoms with E-state index in [1.807, 2.05) is 43.3 Å². The predicted octanol–water partition coefficient (Wildman–Crippen LogP) is 4.62. The van der Waals surface area contributed by atoms with E-state index in [9.17, 15) is 4.79 Å². The first-order valence-corrected chi connectivity index (χ1v) is 7.67. The lowest BCUT2D eigenvalue weighted by atomic mass is 10.1. The van der Waals surface area contributed by atoms with Gasteiger partial charge in [-0.1, -0.05) is 41.9 Å². The van der Waals surface area contributed by atoms with Crippen molar-refractivity contribution in [3.8, 4) is 5.75 Å². The smallest absolute Gasteiger partial charge is 0.248 e. The van der Waals surface area contributed by atoms with Crippen molar-refractivity contribution in [1.29, 1.82) is 0 Å². The fraction of sp³-hybridized carbons (Fsp3) is 0.105. The third-order valence-corrected chi connectivity index (χ3v) is 3.80. The number of aryl methyl sites for hydroxylation is 1. The third kappa shape index (κ3) is 3.82. The zero-order chi connectivity index (χ0) is 16.2. The summed E-state index contributed by atoms with van der Waals surface area (Å²) in [6, 6.07) is 13.2. The van der Waals surface area contributed by atoms with E-state index in [0.717, 1.165) is 22.4 Å². The van der Waals surface area contributed by atoms with Crippen LogP contribution in [0, 0.1) is 6.92 Å². The minimum atomic E-state index is -0.199. The zero-order valence-corrected chi connectivity index (χ0v) is 13.4. The number of para-hydroxylation sites is 1. The minimum absolute atomic E-state index is 0.199. The normalized spacial score (nSPS) is 13.2. The number of hydrogen-bond donors (Lipinski definition) is 1. The van der Waals surface area contributed by atoms with Crippen molar-refractivity contribution in [1.82, 2.24) is 0 Å². The quantitative estimate of drug-likeness (QED) is 0.836. The van der Waals surface area contributed by atoms with Gasteiger partial charge in [0.25, 0.3) is 0 Å². The van der Waals surface area contributed by atoms with Gasteiger partial charge in [-0.05, 0) is 42.3 Å². The molecule has 0 saturated carbocycles. The number of hydrogen-bond acceptors (Lipinski definition) is 2. The number of carbonyl (C=O) groups is 1. The molecule has 3 rings (SSSR count). The van der Waals surface area contributed by atoms with E-state index < -0.39 is 0 Å². The predicted molar refractivity (Wildman–Crippen MR) is 93.9 cm³/mol. The highest BCUT2D eigenvalue weighted by molar-refractivity contribution is 6.31. The van der Waals surface area contributed by atoms with Crippen LogP contribution in [0.2, 0.25) is 5.02 Å². The number of carbonyl (C=O) groups excluding carboxylic acids is 1. The van der Waals surface area contributed by atoms with Crippen molar-refractivity contribution in [3.63, 3.8) is 0 Å². The van der Waals surface area contributed by atoms with Crippen LogP contribution in [0.5, 0.6) is 5.75 Å². The van der Waals surface area contributed by atoms with E-state index in [1.165, 1.54) is 6.08 Å². The molecule has 1 heterocycles. The maximum absolute atomic E-state index is 12.1. The Bertz CT molecular complexity index is 809. The molecule has 0 radical (unpaired) electrons. The van der Waals surface area contributed by atoms with Crippen LogP contribution >= 0.6 is 11.6 Å². The van der Waals surface area contributed by atoms with Gasteiger partial charge in [0.2, 0.25) is 5.91 Å². The molecule has 0 fully saturated rings. The summed E-state index contributed by atoms with van der Waals surface area (Å²) in [5.41, 5.74) is 3.64. The number of fused-ring (bicyclic) bond motifs is 1. The number of benzene rings is 2. The average molecular weight is 326 g/mol. The molecule has 2 aromatic rings. The van der Waals surface area contributed by atoms with E-state index in [2.05, 4.69) is 5.32 Å². The van der Waals surface area contributed by atoms with Crippen LogP contribution < -0.4 is 10.1 Å². The number of ether oxygens (including phenoxy) is 1. The molecule has 4 heteroatoms. The fourth-order valence-corrected chi connectivity index (χ4v) is 2.49. The van der Waals surface area contributed by atoms with Gasteiger partial charge in [0.15, 0.2) is 0 Å². The monoisotopic (exact) mass is 325 g/mol. The summed E-state index contributed by atoms with van der Waals surface area (Å²) < 4.78 is 5.65. The van der Waals surface area contributed by atoms with Crippen LogP contribution in [0.1, 0.15) is 11.1 Å². The van der Waals surface area contributed by atoms with Crippen molar-refractivity contribution in [2.45, 2.75) is 6.92 Å². The van der Waals surface area contributed by atoms with Crippen molar-refractivity contribution in [2.75, 3.05) is 11.9 Å². The summed E-state index contributed by atoms with van der Waals surface area (Å²) in [5.74, 6) is 0.666.